The number of rotatable bonds is 5. The zero-order valence-corrected chi connectivity index (χ0v) is 12.2. The van der Waals surface area contributed by atoms with E-state index in [2.05, 4.69) is 0 Å². The summed E-state index contributed by atoms with van der Waals surface area (Å²) < 4.78 is 5.02. The first kappa shape index (κ1) is 16.3. The van der Waals surface area contributed by atoms with Crippen molar-refractivity contribution in [1.82, 2.24) is 5.06 Å². The Kier molecular flexibility index (Phi) is 5.35. The van der Waals surface area contributed by atoms with E-state index in [1.165, 1.54) is 5.06 Å². The van der Waals surface area contributed by atoms with Crippen LogP contribution < -0.4 is 5.73 Å². The molecule has 7 nitrogen and oxygen atoms in total. The second-order valence-electron chi connectivity index (χ2n) is 5.48. The highest BCUT2D eigenvalue weighted by Crippen LogP contribution is 2.23. The number of ether oxygens (including phenoxy) is 1. The van der Waals surface area contributed by atoms with Crippen molar-refractivity contribution in [2.24, 2.45) is 5.73 Å². The van der Waals surface area contributed by atoms with Crippen LogP contribution >= 0.6 is 0 Å². The summed E-state index contributed by atoms with van der Waals surface area (Å²) in [5.74, 6) is -0.917. The van der Waals surface area contributed by atoms with E-state index in [1.54, 1.807) is 0 Å². The Morgan fingerprint density at radius 1 is 1.23 bits per heavy atom. The van der Waals surface area contributed by atoms with Crippen molar-refractivity contribution < 1.29 is 24.3 Å². The van der Waals surface area contributed by atoms with Gasteiger partial charge in [0.1, 0.15) is 6.61 Å². The number of aliphatic carboxylic acids is 1. The van der Waals surface area contributed by atoms with E-state index in [0.717, 1.165) is 5.56 Å². The van der Waals surface area contributed by atoms with Gasteiger partial charge in [0.2, 0.25) is 0 Å². The maximum atomic E-state index is 11.6. The molecule has 0 unspecified atom stereocenters. The maximum absolute atomic E-state index is 11.6. The monoisotopic (exact) mass is 308 g/mol. The van der Waals surface area contributed by atoms with E-state index in [1.807, 2.05) is 30.3 Å². The summed E-state index contributed by atoms with van der Waals surface area (Å²) >= 11 is 0. The fraction of sp³-hybridized carbons (Fsp3) is 0.467. The van der Waals surface area contributed by atoms with Crippen LogP contribution in [0.3, 0.4) is 0 Å². The van der Waals surface area contributed by atoms with E-state index in [9.17, 15) is 9.59 Å². The first-order chi connectivity index (χ1) is 10.5. The average Bonchev–Trinajstić information content (AvgIpc) is 2.48. The minimum atomic E-state index is -0.917. The average molecular weight is 308 g/mol. The predicted octanol–water partition coefficient (Wildman–Crippen LogP) is 1.52. The van der Waals surface area contributed by atoms with Gasteiger partial charge in [-0.15, -0.1) is 5.06 Å². The topological polar surface area (TPSA) is 102 Å². The van der Waals surface area contributed by atoms with Crippen LogP contribution in [0.1, 0.15) is 24.8 Å². The van der Waals surface area contributed by atoms with E-state index < -0.39 is 17.7 Å². The Bertz CT molecular complexity index is 512. The first-order valence-electron chi connectivity index (χ1n) is 7.11. The highest BCUT2D eigenvalue weighted by Gasteiger charge is 2.34. The molecular formula is C15H20N2O5. The molecule has 3 N–H and O–H groups in total. The molecule has 1 aromatic carbocycles. The molecule has 7 heteroatoms. The molecule has 22 heavy (non-hydrogen) atoms. The van der Waals surface area contributed by atoms with E-state index in [4.69, 9.17) is 20.4 Å². The summed E-state index contributed by atoms with van der Waals surface area (Å²) in [5, 5.41) is 10.3. The molecule has 1 aliphatic heterocycles. The highest BCUT2D eigenvalue weighted by molar-refractivity contribution is 5.68. The van der Waals surface area contributed by atoms with E-state index in [-0.39, 0.29) is 13.0 Å². The van der Waals surface area contributed by atoms with Gasteiger partial charge in [0.15, 0.2) is 0 Å². The quantitative estimate of drug-likeness (QED) is 0.795. The van der Waals surface area contributed by atoms with Crippen molar-refractivity contribution in [2.75, 3.05) is 13.1 Å². The summed E-state index contributed by atoms with van der Waals surface area (Å²) in [4.78, 5) is 27.4. The van der Waals surface area contributed by atoms with Crippen LogP contribution in [0.25, 0.3) is 0 Å². The molecule has 0 saturated carbocycles. The summed E-state index contributed by atoms with van der Waals surface area (Å²) in [6.45, 7) is 0.932. The summed E-state index contributed by atoms with van der Waals surface area (Å²) in [6, 6.07) is 9.30. The second-order valence-corrected chi connectivity index (χ2v) is 5.48. The van der Waals surface area contributed by atoms with Gasteiger partial charge in [-0.3, -0.25) is 4.79 Å². The fourth-order valence-corrected chi connectivity index (χ4v) is 2.35. The molecule has 0 amide bonds. The molecule has 0 atom stereocenters. The Morgan fingerprint density at radius 3 is 2.45 bits per heavy atom. The largest absolute Gasteiger partial charge is 0.528 e. The number of carboxylic acids is 1. The lowest BCUT2D eigenvalue weighted by molar-refractivity contribution is -0.152. The lowest BCUT2D eigenvalue weighted by atomic mass is 9.86. The van der Waals surface area contributed by atoms with E-state index >= 15 is 0 Å². The lowest BCUT2D eigenvalue weighted by Gasteiger charge is -2.36. The van der Waals surface area contributed by atoms with Crippen molar-refractivity contribution in [1.29, 1.82) is 0 Å². The van der Waals surface area contributed by atoms with Crippen LogP contribution in [0.5, 0.6) is 0 Å². The molecule has 1 saturated heterocycles. The Labute approximate surface area is 128 Å². The Balaban J connectivity index is 1.71. The van der Waals surface area contributed by atoms with Crippen LogP contribution in [0.2, 0.25) is 0 Å². The van der Waals surface area contributed by atoms with Crippen molar-refractivity contribution in [3.63, 3.8) is 0 Å². The van der Waals surface area contributed by atoms with Crippen molar-refractivity contribution in [2.45, 2.75) is 31.4 Å². The zero-order chi connectivity index (χ0) is 16.0. The van der Waals surface area contributed by atoms with Gasteiger partial charge in [0.05, 0.1) is 6.42 Å². The number of nitrogens with zero attached hydrogens (tertiary/aromatic N) is 1. The Hall–Kier alpha value is -2.12. The smallest absolute Gasteiger partial charge is 0.481 e. The van der Waals surface area contributed by atoms with E-state index in [0.29, 0.717) is 25.9 Å². The highest BCUT2D eigenvalue weighted by atomic mass is 16.8. The second kappa shape index (κ2) is 7.24. The van der Waals surface area contributed by atoms with Gasteiger partial charge in [-0.25, -0.2) is 4.79 Å². The maximum Gasteiger partial charge on any atom is 0.528 e. The molecule has 0 bridgehead atoms. The van der Waals surface area contributed by atoms with Gasteiger partial charge in [-0.2, -0.15) is 0 Å². The summed E-state index contributed by atoms with van der Waals surface area (Å²) in [6.07, 6.45) is 0.0436. The number of nitrogens with two attached hydrogens (primary N) is 1. The normalized spacial score (nSPS) is 17.7. The zero-order valence-electron chi connectivity index (χ0n) is 12.2. The number of piperidine rings is 1. The SMILES string of the molecule is NC1(CC(=O)O)CCN(OC(=O)OCc2ccccc2)CC1. The standard InChI is InChI=1S/C15H20N2O5/c16-15(10-13(18)19)6-8-17(9-7-15)22-14(20)21-11-12-4-2-1-3-5-12/h1-5H,6-11,16H2,(H,18,19). The molecule has 120 valence electrons. The number of benzene rings is 1. The molecule has 0 aromatic heterocycles. The van der Waals surface area contributed by atoms with Crippen LogP contribution in [-0.4, -0.2) is 40.9 Å². The number of carboxylic acid groups (broad SMARTS) is 1. The minimum absolute atomic E-state index is 0.0840. The van der Waals surface area contributed by atoms with Crippen LogP contribution in [0.15, 0.2) is 30.3 Å². The van der Waals surface area contributed by atoms with Crippen molar-refractivity contribution >= 4 is 12.1 Å². The molecule has 2 rings (SSSR count). The molecule has 1 aromatic rings. The first-order valence-corrected chi connectivity index (χ1v) is 7.11. The molecular weight excluding hydrogens is 288 g/mol. The van der Waals surface area contributed by atoms with Crippen LogP contribution in [-0.2, 0) is 21.0 Å². The van der Waals surface area contributed by atoms with Crippen molar-refractivity contribution in [3.05, 3.63) is 35.9 Å². The molecule has 1 heterocycles. The molecule has 0 aliphatic carbocycles. The molecule has 0 spiro atoms. The lowest BCUT2D eigenvalue weighted by Crippen LogP contribution is -2.51. The van der Waals surface area contributed by atoms with Gasteiger partial charge in [-0.05, 0) is 18.4 Å². The summed E-state index contributed by atoms with van der Waals surface area (Å²) in [7, 11) is 0. The molecule has 0 radical (unpaired) electrons. The van der Waals surface area contributed by atoms with Gasteiger partial charge < -0.3 is 20.4 Å². The molecule has 1 aliphatic rings. The predicted molar refractivity (Wildman–Crippen MR) is 77.7 cm³/mol. The number of hydroxylamine groups is 2. The van der Waals surface area contributed by atoms with Gasteiger partial charge >= 0.3 is 12.1 Å². The molecule has 1 fully saturated rings. The van der Waals surface area contributed by atoms with Crippen LogP contribution in [0.4, 0.5) is 4.79 Å². The Morgan fingerprint density at radius 2 is 1.86 bits per heavy atom. The summed E-state index contributed by atoms with van der Waals surface area (Å²) in [5.41, 5.74) is 6.15. The number of hydrogen-bond donors (Lipinski definition) is 2. The number of hydrogen-bond acceptors (Lipinski definition) is 6. The van der Waals surface area contributed by atoms with Gasteiger partial charge in [0, 0.05) is 18.6 Å². The minimum Gasteiger partial charge on any atom is -0.481 e. The fourth-order valence-electron chi connectivity index (χ4n) is 2.35. The number of carbonyl (C=O) groups is 2. The third-order valence-corrected chi connectivity index (χ3v) is 3.62. The van der Waals surface area contributed by atoms with Crippen LogP contribution in [0, 0.1) is 0 Å². The van der Waals surface area contributed by atoms with Gasteiger partial charge in [0.25, 0.3) is 0 Å². The van der Waals surface area contributed by atoms with Crippen molar-refractivity contribution in [3.8, 4) is 0 Å². The third-order valence-electron chi connectivity index (χ3n) is 3.62. The third kappa shape index (κ3) is 5.01. The number of carbonyl (C=O) groups excluding carboxylic acids is 1. The van der Waals surface area contributed by atoms with Gasteiger partial charge in [-0.1, -0.05) is 30.3 Å².